The number of hydrogen-bond acceptors (Lipinski definition) is 2. The number of halogens is 3. The van der Waals surface area contributed by atoms with Gasteiger partial charge in [0.25, 0.3) is 5.92 Å². The van der Waals surface area contributed by atoms with Gasteiger partial charge < -0.3 is 5.73 Å². The van der Waals surface area contributed by atoms with Crippen LogP contribution in [0.4, 0.5) is 8.78 Å². The maximum Gasteiger partial charge on any atom is 0.262 e. The Morgan fingerprint density at radius 1 is 1.39 bits per heavy atom. The third-order valence-electron chi connectivity index (χ3n) is 2.92. The van der Waals surface area contributed by atoms with E-state index < -0.39 is 30.8 Å². The minimum atomic E-state index is -2.82. The normalized spacial score (nSPS) is 22.4. The van der Waals surface area contributed by atoms with Crippen molar-refractivity contribution in [3.05, 3.63) is 35.9 Å². The van der Waals surface area contributed by atoms with Crippen LogP contribution < -0.4 is 5.73 Å². The SMILES string of the molecule is Cl.NC(=O)[C@H]1CC(F)(F)CN1Cc1ccccc1. The fourth-order valence-electron chi connectivity index (χ4n) is 2.15. The average Bonchev–Trinajstić information content (AvgIpc) is 2.55. The lowest BCUT2D eigenvalue weighted by Crippen LogP contribution is -2.39. The van der Waals surface area contributed by atoms with E-state index in [-0.39, 0.29) is 12.4 Å². The number of alkyl halides is 2. The van der Waals surface area contributed by atoms with Crippen LogP contribution in [0.1, 0.15) is 12.0 Å². The third-order valence-corrected chi connectivity index (χ3v) is 2.92. The van der Waals surface area contributed by atoms with Gasteiger partial charge in [-0.15, -0.1) is 12.4 Å². The van der Waals surface area contributed by atoms with Gasteiger partial charge in [-0.25, -0.2) is 8.78 Å². The number of likely N-dealkylation sites (tertiary alicyclic amines) is 1. The van der Waals surface area contributed by atoms with Crippen LogP contribution in [0.3, 0.4) is 0 Å². The lowest BCUT2D eigenvalue weighted by molar-refractivity contribution is -0.122. The van der Waals surface area contributed by atoms with Gasteiger partial charge >= 0.3 is 0 Å². The van der Waals surface area contributed by atoms with Crippen LogP contribution in [0.2, 0.25) is 0 Å². The first-order valence-electron chi connectivity index (χ1n) is 5.43. The number of carbonyl (C=O) groups is 1. The molecule has 1 aliphatic rings. The summed E-state index contributed by atoms with van der Waals surface area (Å²) in [5.41, 5.74) is 6.05. The number of nitrogens with zero attached hydrogens (tertiary/aromatic N) is 1. The second-order valence-electron chi connectivity index (χ2n) is 4.37. The Kier molecular flexibility index (Phi) is 4.65. The highest BCUT2D eigenvalue weighted by Crippen LogP contribution is 2.32. The zero-order valence-corrected chi connectivity index (χ0v) is 10.5. The van der Waals surface area contributed by atoms with E-state index in [4.69, 9.17) is 5.73 Å². The molecule has 18 heavy (non-hydrogen) atoms. The molecular formula is C12H15ClF2N2O. The Morgan fingerprint density at radius 3 is 2.56 bits per heavy atom. The van der Waals surface area contributed by atoms with Gasteiger partial charge in [-0.05, 0) is 5.56 Å². The van der Waals surface area contributed by atoms with E-state index in [9.17, 15) is 13.6 Å². The van der Waals surface area contributed by atoms with Crippen LogP contribution in [-0.4, -0.2) is 29.3 Å². The van der Waals surface area contributed by atoms with E-state index in [0.717, 1.165) is 5.56 Å². The van der Waals surface area contributed by atoms with Crippen LogP contribution in [-0.2, 0) is 11.3 Å². The van der Waals surface area contributed by atoms with Crippen molar-refractivity contribution in [2.45, 2.75) is 24.9 Å². The van der Waals surface area contributed by atoms with Crippen molar-refractivity contribution < 1.29 is 13.6 Å². The van der Waals surface area contributed by atoms with Crippen molar-refractivity contribution in [3.63, 3.8) is 0 Å². The van der Waals surface area contributed by atoms with Crippen molar-refractivity contribution in [3.8, 4) is 0 Å². The Labute approximate surface area is 110 Å². The summed E-state index contributed by atoms with van der Waals surface area (Å²) in [6, 6.07) is 8.34. The molecule has 0 bridgehead atoms. The molecule has 1 aliphatic heterocycles. The van der Waals surface area contributed by atoms with Gasteiger partial charge in [0.15, 0.2) is 0 Å². The molecule has 1 amide bonds. The highest BCUT2D eigenvalue weighted by atomic mass is 35.5. The van der Waals surface area contributed by atoms with Gasteiger partial charge in [0.05, 0.1) is 12.6 Å². The molecule has 0 saturated carbocycles. The maximum absolute atomic E-state index is 13.3. The zero-order valence-electron chi connectivity index (χ0n) is 9.68. The van der Waals surface area contributed by atoms with E-state index in [1.54, 1.807) is 0 Å². The van der Waals surface area contributed by atoms with Crippen LogP contribution >= 0.6 is 12.4 Å². The fraction of sp³-hybridized carbons (Fsp3) is 0.417. The molecule has 0 radical (unpaired) electrons. The molecule has 0 aliphatic carbocycles. The van der Waals surface area contributed by atoms with Crippen LogP contribution in [0, 0.1) is 0 Å². The van der Waals surface area contributed by atoms with Gasteiger partial charge in [-0.2, -0.15) is 0 Å². The summed E-state index contributed by atoms with van der Waals surface area (Å²) in [5, 5.41) is 0. The van der Waals surface area contributed by atoms with Crippen LogP contribution in [0.5, 0.6) is 0 Å². The lowest BCUT2D eigenvalue weighted by Gasteiger charge is -2.20. The van der Waals surface area contributed by atoms with Crippen molar-refractivity contribution >= 4 is 18.3 Å². The fourth-order valence-corrected chi connectivity index (χ4v) is 2.15. The van der Waals surface area contributed by atoms with Crippen molar-refractivity contribution in [1.29, 1.82) is 0 Å². The summed E-state index contributed by atoms with van der Waals surface area (Å²) in [5.74, 6) is -3.51. The summed E-state index contributed by atoms with van der Waals surface area (Å²) in [6.07, 6.45) is -0.477. The number of nitrogens with two attached hydrogens (primary N) is 1. The quantitative estimate of drug-likeness (QED) is 0.915. The van der Waals surface area contributed by atoms with Crippen molar-refractivity contribution in [1.82, 2.24) is 4.90 Å². The first kappa shape index (κ1) is 14.9. The predicted molar refractivity (Wildman–Crippen MR) is 66.6 cm³/mol. The third kappa shape index (κ3) is 3.40. The molecule has 100 valence electrons. The highest BCUT2D eigenvalue weighted by molar-refractivity contribution is 5.85. The molecule has 1 aromatic rings. The van der Waals surface area contributed by atoms with E-state index in [1.807, 2.05) is 30.3 Å². The number of rotatable bonds is 3. The molecule has 1 fully saturated rings. The Hall–Kier alpha value is -1.20. The summed E-state index contributed by atoms with van der Waals surface area (Å²) in [6.45, 7) is -0.0838. The lowest BCUT2D eigenvalue weighted by atomic mass is 10.1. The largest absolute Gasteiger partial charge is 0.368 e. The van der Waals surface area contributed by atoms with Crippen LogP contribution in [0.25, 0.3) is 0 Å². The molecule has 0 aromatic heterocycles. The number of hydrogen-bond donors (Lipinski definition) is 1. The van der Waals surface area contributed by atoms with E-state index in [1.165, 1.54) is 4.90 Å². The van der Waals surface area contributed by atoms with E-state index in [0.29, 0.717) is 6.54 Å². The minimum absolute atomic E-state index is 0. The summed E-state index contributed by atoms with van der Waals surface area (Å²) in [4.78, 5) is 12.6. The molecule has 1 saturated heterocycles. The first-order chi connectivity index (χ1) is 7.98. The van der Waals surface area contributed by atoms with Crippen LogP contribution in [0.15, 0.2) is 30.3 Å². The second kappa shape index (κ2) is 5.63. The second-order valence-corrected chi connectivity index (χ2v) is 4.37. The van der Waals surface area contributed by atoms with Gasteiger partial charge in [-0.1, -0.05) is 30.3 Å². The molecule has 1 heterocycles. The molecule has 1 atom stereocenters. The molecule has 6 heteroatoms. The van der Waals surface area contributed by atoms with E-state index in [2.05, 4.69) is 0 Å². The molecular weight excluding hydrogens is 262 g/mol. The van der Waals surface area contributed by atoms with Crippen molar-refractivity contribution in [2.75, 3.05) is 6.54 Å². The molecule has 2 N–H and O–H groups in total. The number of benzene rings is 1. The average molecular weight is 277 g/mol. The van der Waals surface area contributed by atoms with Gasteiger partial charge in [-0.3, -0.25) is 9.69 Å². The number of carbonyl (C=O) groups excluding carboxylic acids is 1. The minimum Gasteiger partial charge on any atom is -0.368 e. The summed E-state index contributed by atoms with van der Waals surface area (Å²) < 4.78 is 26.5. The molecule has 3 nitrogen and oxygen atoms in total. The first-order valence-corrected chi connectivity index (χ1v) is 5.43. The Balaban J connectivity index is 0.00000162. The summed E-state index contributed by atoms with van der Waals surface area (Å²) >= 11 is 0. The summed E-state index contributed by atoms with van der Waals surface area (Å²) in [7, 11) is 0. The van der Waals surface area contributed by atoms with E-state index >= 15 is 0 Å². The van der Waals surface area contributed by atoms with Gasteiger partial charge in [0.2, 0.25) is 5.91 Å². The van der Waals surface area contributed by atoms with Gasteiger partial charge in [0, 0.05) is 13.0 Å². The monoisotopic (exact) mass is 276 g/mol. The smallest absolute Gasteiger partial charge is 0.262 e. The Morgan fingerprint density at radius 2 is 2.00 bits per heavy atom. The topological polar surface area (TPSA) is 46.3 Å². The number of primary amides is 1. The van der Waals surface area contributed by atoms with Crippen molar-refractivity contribution in [2.24, 2.45) is 5.73 Å². The Bertz CT molecular complexity index is 414. The zero-order chi connectivity index (χ0) is 12.5. The predicted octanol–water partition coefficient (Wildman–Crippen LogP) is 1.80. The molecule has 1 aromatic carbocycles. The van der Waals surface area contributed by atoms with Gasteiger partial charge in [0.1, 0.15) is 0 Å². The number of amides is 1. The highest BCUT2D eigenvalue weighted by Gasteiger charge is 2.47. The molecule has 0 unspecified atom stereocenters. The molecule has 2 rings (SSSR count). The maximum atomic E-state index is 13.3. The molecule has 0 spiro atoms. The standard InChI is InChI=1S/C12H14F2N2O.ClH/c13-12(14)6-10(11(15)17)16(8-12)7-9-4-2-1-3-5-9;/h1-5,10H,6-8H2,(H2,15,17);1H/t10-;/m1./s1.